The van der Waals surface area contributed by atoms with Gasteiger partial charge in [-0.1, -0.05) is 66.7 Å². The molecule has 0 unspecified atom stereocenters. The van der Waals surface area contributed by atoms with Crippen LogP contribution in [-0.2, 0) is 0 Å². The molecule has 0 aliphatic heterocycles. The highest BCUT2D eigenvalue weighted by Gasteiger charge is 2.22. The van der Waals surface area contributed by atoms with Gasteiger partial charge >= 0.3 is 0 Å². The molecule has 1 heterocycles. The smallest absolute Gasteiger partial charge is 0.142 e. The van der Waals surface area contributed by atoms with Crippen LogP contribution in [0.25, 0.3) is 11.1 Å². The molecule has 1 aliphatic carbocycles. The summed E-state index contributed by atoms with van der Waals surface area (Å²) < 4.78 is 0. The number of aryl methyl sites for hydroxylation is 1. The first-order valence-corrected chi connectivity index (χ1v) is 8.21. The van der Waals surface area contributed by atoms with E-state index in [9.17, 15) is 0 Å². The summed E-state index contributed by atoms with van der Waals surface area (Å²) in [5.74, 6) is 1.21. The molecule has 0 atom stereocenters. The molecule has 3 rings (SSSR count). The summed E-state index contributed by atoms with van der Waals surface area (Å²) in [5, 5.41) is 0.926. The Hall–Kier alpha value is -1.12. The molecule has 0 radical (unpaired) electrons. The second-order valence-electron chi connectivity index (χ2n) is 5.69. The van der Waals surface area contributed by atoms with Crippen LogP contribution in [0.1, 0.15) is 49.4 Å². The first-order chi connectivity index (χ1) is 10.2. The number of halogens is 2. The van der Waals surface area contributed by atoms with Crippen molar-refractivity contribution in [1.82, 2.24) is 9.97 Å². The van der Waals surface area contributed by atoms with E-state index in [-0.39, 0.29) is 0 Å². The van der Waals surface area contributed by atoms with Crippen LogP contribution in [0, 0.1) is 6.92 Å². The Labute approximate surface area is 135 Å². The van der Waals surface area contributed by atoms with Crippen LogP contribution in [0.2, 0.25) is 10.3 Å². The van der Waals surface area contributed by atoms with Gasteiger partial charge in [-0.05, 0) is 30.9 Å². The van der Waals surface area contributed by atoms with Gasteiger partial charge in [-0.2, -0.15) is 0 Å². The Morgan fingerprint density at radius 2 is 1.57 bits per heavy atom. The third-order valence-corrected chi connectivity index (χ3v) is 4.77. The zero-order chi connectivity index (χ0) is 14.8. The lowest BCUT2D eigenvalue weighted by Crippen LogP contribution is -2.09. The predicted octanol–water partition coefficient (Wildman–Crippen LogP) is 5.81. The number of hydrogen-bond acceptors (Lipinski definition) is 2. The highest BCUT2D eigenvalue weighted by Crippen LogP contribution is 2.37. The molecule has 4 heteroatoms. The van der Waals surface area contributed by atoms with Gasteiger partial charge in [0.15, 0.2) is 0 Å². The van der Waals surface area contributed by atoms with Crippen molar-refractivity contribution >= 4 is 23.2 Å². The van der Waals surface area contributed by atoms with E-state index in [1.807, 2.05) is 31.2 Å². The molecular weight excluding hydrogens is 303 g/mol. The van der Waals surface area contributed by atoms with Gasteiger partial charge < -0.3 is 0 Å². The summed E-state index contributed by atoms with van der Waals surface area (Å²) in [4.78, 5) is 9.09. The number of rotatable bonds is 2. The molecule has 0 N–H and O–H groups in total. The van der Waals surface area contributed by atoms with Gasteiger partial charge in [0, 0.05) is 5.92 Å². The van der Waals surface area contributed by atoms with Crippen molar-refractivity contribution < 1.29 is 0 Å². The SMILES string of the molecule is Cc1ccccc1-c1c(Cl)nc(C2CCCCC2)nc1Cl. The van der Waals surface area contributed by atoms with Gasteiger partial charge in [0.05, 0.1) is 5.56 Å². The maximum Gasteiger partial charge on any atom is 0.142 e. The van der Waals surface area contributed by atoms with E-state index >= 15 is 0 Å². The van der Waals surface area contributed by atoms with Crippen LogP contribution in [0.5, 0.6) is 0 Å². The van der Waals surface area contributed by atoms with Gasteiger partial charge in [0.2, 0.25) is 0 Å². The predicted molar refractivity (Wildman–Crippen MR) is 88.1 cm³/mol. The molecule has 21 heavy (non-hydrogen) atoms. The quantitative estimate of drug-likeness (QED) is 0.653. The van der Waals surface area contributed by atoms with Crippen molar-refractivity contribution in [3.05, 3.63) is 46.0 Å². The third kappa shape index (κ3) is 3.07. The van der Waals surface area contributed by atoms with E-state index in [2.05, 4.69) is 9.97 Å². The van der Waals surface area contributed by atoms with Crippen LogP contribution in [-0.4, -0.2) is 9.97 Å². The molecule has 0 amide bonds. The van der Waals surface area contributed by atoms with E-state index in [0.717, 1.165) is 35.4 Å². The van der Waals surface area contributed by atoms with Crippen molar-refractivity contribution in [3.8, 4) is 11.1 Å². The molecule has 1 aromatic heterocycles. The minimum absolute atomic E-state index is 0.402. The Kier molecular flexibility index (Phi) is 4.46. The van der Waals surface area contributed by atoms with E-state index in [0.29, 0.717) is 16.2 Å². The van der Waals surface area contributed by atoms with Crippen LogP contribution in [0.3, 0.4) is 0 Å². The fourth-order valence-corrected chi connectivity index (χ4v) is 3.65. The molecule has 2 aromatic rings. The maximum atomic E-state index is 6.42. The molecule has 1 fully saturated rings. The largest absolute Gasteiger partial charge is 0.220 e. The zero-order valence-electron chi connectivity index (χ0n) is 12.1. The fraction of sp³-hybridized carbons (Fsp3) is 0.412. The van der Waals surface area contributed by atoms with Crippen molar-refractivity contribution in [2.75, 3.05) is 0 Å². The highest BCUT2D eigenvalue weighted by atomic mass is 35.5. The van der Waals surface area contributed by atoms with Gasteiger partial charge in [0.1, 0.15) is 16.1 Å². The summed E-state index contributed by atoms with van der Waals surface area (Å²) >= 11 is 12.8. The average molecular weight is 321 g/mol. The summed E-state index contributed by atoms with van der Waals surface area (Å²) in [7, 11) is 0. The van der Waals surface area contributed by atoms with Crippen LogP contribution in [0.4, 0.5) is 0 Å². The minimum Gasteiger partial charge on any atom is -0.220 e. The number of nitrogens with zero attached hydrogens (tertiary/aromatic N) is 2. The first kappa shape index (κ1) is 14.8. The maximum absolute atomic E-state index is 6.42. The Morgan fingerprint density at radius 1 is 0.952 bits per heavy atom. The van der Waals surface area contributed by atoms with Crippen LogP contribution < -0.4 is 0 Å². The molecule has 2 nitrogen and oxygen atoms in total. The second kappa shape index (κ2) is 6.33. The molecule has 0 saturated heterocycles. The summed E-state index contributed by atoms with van der Waals surface area (Å²) in [6.45, 7) is 2.04. The van der Waals surface area contributed by atoms with Gasteiger partial charge in [0.25, 0.3) is 0 Å². The average Bonchev–Trinajstić information content (AvgIpc) is 2.49. The van der Waals surface area contributed by atoms with Crippen LogP contribution in [0.15, 0.2) is 24.3 Å². The zero-order valence-corrected chi connectivity index (χ0v) is 13.6. The lowest BCUT2D eigenvalue weighted by molar-refractivity contribution is 0.428. The second-order valence-corrected chi connectivity index (χ2v) is 6.40. The molecule has 0 spiro atoms. The number of benzene rings is 1. The standard InChI is InChI=1S/C17H18Cl2N2/c1-11-7-5-6-10-13(11)14-15(18)20-17(21-16(14)19)12-8-3-2-4-9-12/h5-7,10,12H,2-4,8-9H2,1H3. The van der Waals surface area contributed by atoms with Gasteiger partial charge in [-0.3, -0.25) is 0 Å². The van der Waals surface area contributed by atoms with E-state index in [1.165, 1.54) is 19.3 Å². The van der Waals surface area contributed by atoms with Crippen molar-refractivity contribution in [2.45, 2.75) is 44.9 Å². The van der Waals surface area contributed by atoms with E-state index in [1.54, 1.807) is 0 Å². The van der Waals surface area contributed by atoms with Crippen molar-refractivity contribution in [2.24, 2.45) is 0 Å². The van der Waals surface area contributed by atoms with Gasteiger partial charge in [-0.15, -0.1) is 0 Å². The number of hydrogen-bond donors (Lipinski definition) is 0. The first-order valence-electron chi connectivity index (χ1n) is 7.45. The Morgan fingerprint density at radius 3 is 2.19 bits per heavy atom. The monoisotopic (exact) mass is 320 g/mol. The molecular formula is C17H18Cl2N2. The third-order valence-electron chi connectivity index (χ3n) is 4.22. The minimum atomic E-state index is 0.402. The summed E-state index contributed by atoms with van der Waals surface area (Å²) in [6, 6.07) is 8.02. The topological polar surface area (TPSA) is 25.8 Å². The summed E-state index contributed by atoms with van der Waals surface area (Å²) in [5.41, 5.74) is 2.87. The van der Waals surface area contributed by atoms with E-state index < -0.39 is 0 Å². The fourth-order valence-electron chi connectivity index (χ4n) is 3.04. The molecule has 1 saturated carbocycles. The highest BCUT2D eigenvalue weighted by molar-refractivity contribution is 6.37. The Balaban J connectivity index is 2.02. The normalized spacial score (nSPS) is 16.1. The van der Waals surface area contributed by atoms with Gasteiger partial charge in [-0.25, -0.2) is 9.97 Å². The van der Waals surface area contributed by atoms with E-state index in [4.69, 9.17) is 23.2 Å². The summed E-state index contributed by atoms with van der Waals surface area (Å²) in [6.07, 6.45) is 6.05. The van der Waals surface area contributed by atoms with Crippen LogP contribution >= 0.6 is 23.2 Å². The van der Waals surface area contributed by atoms with Crippen molar-refractivity contribution in [1.29, 1.82) is 0 Å². The lowest BCUT2D eigenvalue weighted by atomic mass is 9.88. The molecule has 1 aromatic carbocycles. The Bertz CT molecular complexity index is 626. The van der Waals surface area contributed by atoms with Crippen molar-refractivity contribution in [3.63, 3.8) is 0 Å². The molecule has 1 aliphatic rings. The number of aromatic nitrogens is 2. The lowest BCUT2D eigenvalue weighted by Gasteiger charge is -2.21. The molecule has 110 valence electrons. The molecule has 0 bridgehead atoms.